The van der Waals surface area contributed by atoms with Crippen molar-refractivity contribution >= 4 is 50.8 Å². The third kappa shape index (κ3) is 4.70. The van der Waals surface area contributed by atoms with Gasteiger partial charge in [-0.2, -0.15) is 0 Å². The summed E-state index contributed by atoms with van der Waals surface area (Å²) in [4.78, 5) is 39.7. The molecule has 0 aliphatic heterocycles. The molecule has 0 saturated carbocycles. The number of benzene rings is 3. The number of rotatable bonds is 6. The lowest BCUT2D eigenvalue weighted by atomic mass is 10.1. The fourth-order valence-electron chi connectivity index (χ4n) is 3.82. The second kappa shape index (κ2) is 9.12. The molecule has 3 aromatic carbocycles. The summed E-state index contributed by atoms with van der Waals surface area (Å²) in [5.74, 6) is -0.824. The summed E-state index contributed by atoms with van der Waals surface area (Å²) in [6.45, 7) is 5.19. The molecule has 0 saturated heterocycles. The van der Waals surface area contributed by atoms with Gasteiger partial charge in [-0.1, -0.05) is 31.2 Å². The molecule has 4 aromatic rings. The minimum absolute atomic E-state index is 0.0447. The van der Waals surface area contributed by atoms with Crippen LogP contribution in [0.15, 0.2) is 72.3 Å². The normalized spacial score (nSPS) is 11.5. The van der Waals surface area contributed by atoms with Crippen LogP contribution in [0.25, 0.3) is 21.8 Å². The molecule has 0 atom stereocenters. The van der Waals surface area contributed by atoms with Crippen molar-refractivity contribution in [2.45, 2.75) is 27.2 Å². The number of para-hydroxylation sites is 1. The number of H-pyrrole nitrogens is 1. The summed E-state index contributed by atoms with van der Waals surface area (Å²) in [6, 6.07) is 18.6. The molecule has 0 unspecified atom stereocenters. The highest BCUT2D eigenvalue weighted by Crippen LogP contribution is 2.29. The first-order chi connectivity index (χ1) is 15.9. The van der Waals surface area contributed by atoms with E-state index in [2.05, 4.69) is 40.7 Å². The van der Waals surface area contributed by atoms with Gasteiger partial charge in [0.25, 0.3) is 5.91 Å². The number of anilines is 2. The first-order valence-electron chi connectivity index (χ1n) is 10.8. The molecule has 0 bridgehead atoms. The highest BCUT2D eigenvalue weighted by Gasteiger charge is 2.11. The quantitative estimate of drug-likeness (QED) is 0.269. The van der Waals surface area contributed by atoms with Crippen molar-refractivity contribution in [3.05, 3.63) is 83.4 Å². The van der Waals surface area contributed by atoms with E-state index in [1.54, 1.807) is 31.2 Å². The Hall–Kier alpha value is -4.19. The van der Waals surface area contributed by atoms with E-state index in [0.717, 1.165) is 28.2 Å². The summed E-state index contributed by atoms with van der Waals surface area (Å²) in [5, 5.41) is 7.80. The highest BCUT2D eigenvalue weighted by molar-refractivity contribution is 6.12. The molecule has 6 heteroatoms. The molecule has 33 heavy (non-hydrogen) atoms. The summed E-state index contributed by atoms with van der Waals surface area (Å²) in [7, 11) is 0. The van der Waals surface area contributed by atoms with Crippen molar-refractivity contribution in [1.29, 1.82) is 0 Å². The average Bonchev–Trinajstić information content (AvgIpc) is 3.17. The molecule has 166 valence electrons. The average molecular weight is 440 g/mol. The minimum Gasteiger partial charge on any atom is -0.354 e. The zero-order chi connectivity index (χ0) is 23.5. The third-order valence-electron chi connectivity index (χ3n) is 5.62. The van der Waals surface area contributed by atoms with Crippen LogP contribution in [0, 0.1) is 0 Å². The fourth-order valence-corrected chi connectivity index (χ4v) is 3.82. The number of carbonyl (C=O) groups excluding carboxylic acids is 3. The summed E-state index contributed by atoms with van der Waals surface area (Å²) in [6.07, 6.45) is 2.18. The van der Waals surface area contributed by atoms with Crippen molar-refractivity contribution in [2.75, 3.05) is 10.6 Å². The van der Waals surface area contributed by atoms with Crippen LogP contribution < -0.4 is 10.6 Å². The number of carbonyl (C=O) groups is 3. The van der Waals surface area contributed by atoms with Gasteiger partial charge in [0, 0.05) is 50.4 Å². The molecule has 2 amide bonds. The van der Waals surface area contributed by atoms with Gasteiger partial charge in [0.1, 0.15) is 0 Å². The number of hydrogen-bond donors (Lipinski definition) is 3. The number of aromatic amines is 1. The van der Waals surface area contributed by atoms with E-state index in [-0.39, 0.29) is 17.3 Å². The molecule has 0 fully saturated rings. The number of aromatic nitrogens is 1. The van der Waals surface area contributed by atoms with Crippen LogP contribution in [-0.4, -0.2) is 22.6 Å². The third-order valence-corrected chi connectivity index (χ3v) is 5.62. The lowest BCUT2D eigenvalue weighted by molar-refractivity contribution is -0.114. The van der Waals surface area contributed by atoms with Crippen molar-refractivity contribution in [1.82, 2.24) is 4.98 Å². The largest absolute Gasteiger partial charge is 0.354 e. The van der Waals surface area contributed by atoms with Crippen molar-refractivity contribution in [3.8, 4) is 0 Å². The number of Topliss-reactive ketones (excluding diaryl/α,β-unsaturated/α-hetero) is 1. The van der Waals surface area contributed by atoms with Crippen LogP contribution in [0.2, 0.25) is 0 Å². The Labute approximate surface area is 191 Å². The van der Waals surface area contributed by atoms with Crippen LogP contribution in [0.1, 0.15) is 36.7 Å². The van der Waals surface area contributed by atoms with Crippen LogP contribution in [0.4, 0.5) is 11.4 Å². The molecule has 1 heterocycles. The molecule has 1 aromatic heterocycles. The topological polar surface area (TPSA) is 91.1 Å². The Balaban J connectivity index is 1.47. The van der Waals surface area contributed by atoms with E-state index < -0.39 is 5.91 Å². The summed E-state index contributed by atoms with van der Waals surface area (Å²) in [5.41, 5.74) is 5.33. The zero-order valence-electron chi connectivity index (χ0n) is 18.8. The number of amides is 2. The van der Waals surface area contributed by atoms with E-state index in [0.29, 0.717) is 16.9 Å². The number of nitrogens with one attached hydrogen (secondary N) is 3. The Morgan fingerprint density at radius 1 is 0.879 bits per heavy atom. The molecule has 6 nitrogen and oxygen atoms in total. The molecule has 3 N–H and O–H groups in total. The van der Waals surface area contributed by atoms with Crippen molar-refractivity contribution in [3.63, 3.8) is 0 Å². The van der Waals surface area contributed by atoms with E-state index >= 15 is 0 Å². The summed E-state index contributed by atoms with van der Waals surface area (Å²) < 4.78 is 0. The predicted octanol–water partition coefficient (Wildman–Crippen LogP) is 5.61. The number of ketones is 1. The molecule has 0 aliphatic carbocycles. The van der Waals surface area contributed by atoms with E-state index in [1.807, 2.05) is 18.2 Å². The monoisotopic (exact) mass is 439 g/mol. The Morgan fingerprint density at radius 2 is 1.61 bits per heavy atom. The van der Waals surface area contributed by atoms with Gasteiger partial charge in [0.15, 0.2) is 5.78 Å². The summed E-state index contributed by atoms with van der Waals surface area (Å²) >= 11 is 0. The Kier molecular flexibility index (Phi) is 6.09. The van der Waals surface area contributed by atoms with Gasteiger partial charge >= 0.3 is 0 Å². The van der Waals surface area contributed by atoms with Crippen LogP contribution in [0.5, 0.6) is 0 Å². The fraction of sp³-hybridized carbons (Fsp3) is 0.148. The molecule has 0 spiro atoms. The number of fused-ring (bicyclic) bond motifs is 3. The number of aryl methyl sites for hydroxylation is 1. The van der Waals surface area contributed by atoms with Crippen LogP contribution >= 0.6 is 0 Å². The van der Waals surface area contributed by atoms with Gasteiger partial charge in [-0.15, -0.1) is 0 Å². The van der Waals surface area contributed by atoms with Gasteiger partial charge in [-0.05, 0) is 62.2 Å². The standard InChI is InChI=1S/C27H25N3O3/c1-4-18-6-5-7-23-22-13-12-21(15-24(22)30-26(18)23)29-27(33)16(2)14-25(32)28-20-10-8-19(9-11-20)17(3)31/h5-15,30H,4H2,1-3H3,(H,28,32)(H,29,33)/b16-14+. The number of hydrogen-bond acceptors (Lipinski definition) is 3. The maximum Gasteiger partial charge on any atom is 0.251 e. The molecule has 4 rings (SSSR count). The van der Waals surface area contributed by atoms with Gasteiger partial charge in [0.05, 0.1) is 0 Å². The van der Waals surface area contributed by atoms with E-state index in [9.17, 15) is 14.4 Å². The van der Waals surface area contributed by atoms with Gasteiger partial charge in [-0.3, -0.25) is 14.4 Å². The lowest BCUT2D eigenvalue weighted by Crippen LogP contribution is -2.16. The first kappa shape index (κ1) is 22.0. The minimum atomic E-state index is -0.420. The second-order valence-electron chi connectivity index (χ2n) is 7.98. The molecular weight excluding hydrogens is 414 g/mol. The van der Waals surface area contributed by atoms with Crippen LogP contribution in [0.3, 0.4) is 0 Å². The Bertz CT molecular complexity index is 1410. The van der Waals surface area contributed by atoms with E-state index in [1.165, 1.54) is 18.6 Å². The van der Waals surface area contributed by atoms with Gasteiger partial charge in [-0.25, -0.2) is 0 Å². The maximum atomic E-state index is 12.6. The second-order valence-corrected chi connectivity index (χ2v) is 7.98. The Morgan fingerprint density at radius 3 is 2.30 bits per heavy atom. The molecule has 0 aliphatic rings. The SMILES string of the molecule is CCc1cccc2c1[nH]c1cc(NC(=O)/C(C)=C/C(=O)Nc3ccc(C(C)=O)cc3)ccc12. The zero-order valence-corrected chi connectivity index (χ0v) is 18.8. The first-order valence-corrected chi connectivity index (χ1v) is 10.8. The van der Waals surface area contributed by atoms with Gasteiger partial charge in [0.2, 0.25) is 5.91 Å². The van der Waals surface area contributed by atoms with Crippen molar-refractivity contribution in [2.24, 2.45) is 0 Å². The van der Waals surface area contributed by atoms with Crippen LogP contribution in [-0.2, 0) is 16.0 Å². The molecule has 0 radical (unpaired) electrons. The highest BCUT2D eigenvalue weighted by atomic mass is 16.2. The van der Waals surface area contributed by atoms with Crippen molar-refractivity contribution < 1.29 is 14.4 Å². The molecular formula is C27H25N3O3. The lowest BCUT2D eigenvalue weighted by Gasteiger charge is -2.07. The maximum absolute atomic E-state index is 12.6. The van der Waals surface area contributed by atoms with Gasteiger partial charge < -0.3 is 15.6 Å². The predicted molar refractivity (Wildman–Crippen MR) is 133 cm³/mol. The van der Waals surface area contributed by atoms with E-state index in [4.69, 9.17) is 0 Å². The smallest absolute Gasteiger partial charge is 0.251 e.